The average Bonchev–Trinajstić information content (AvgIpc) is 2.08. The second-order valence-corrected chi connectivity index (χ2v) is 3.20. The summed E-state index contributed by atoms with van der Waals surface area (Å²) in [6.45, 7) is 6.70. The fourth-order valence-electron chi connectivity index (χ4n) is 0.529. The molecule has 0 aliphatic heterocycles. The van der Waals surface area contributed by atoms with E-state index in [-0.39, 0.29) is 16.1 Å². The number of rotatable bonds is 0. The molecule has 0 atom stereocenters. The first-order chi connectivity index (χ1) is 5.69. The predicted molar refractivity (Wildman–Crippen MR) is 48.4 cm³/mol. The van der Waals surface area contributed by atoms with E-state index < -0.39 is 0 Å². The molecule has 0 unspecified atom stereocenters. The third-order valence-electron chi connectivity index (χ3n) is 1.01. The van der Waals surface area contributed by atoms with E-state index in [1.807, 2.05) is 6.07 Å². The van der Waals surface area contributed by atoms with Crippen molar-refractivity contribution in [3.8, 4) is 6.07 Å². The van der Waals surface area contributed by atoms with Crippen LogP contribution in [0.2, 0.25) is 0 Å². The molecule has 1 aromatic heterocycles. The van der Waals surface area contributed by atoms with Gasteiger partial charge in [0.05, 0.1) is 0 Å². The van der Waals surface area contributed by atoms with Crippen molar-refractivity contribution in [2.45, 2.75) is 0 Å². The van der Waals surface area contributed by atoms with E-state index in [4.69, 9.17) is 11.8 Å². The molecule has 0 radical (unpaired) electrons. The van der Waals surface area contributed by atoms with Gasteiger partial charge in [0.2, 0.25) is 4.60 Å². The van der Waals surface area contributed by atoms with Crippen molar-refractivity contribution in [1.29, 1.82) is 5.26 Å². The minimum absolute atomic E-state index is 0.140. The van der Waals surface area contributed by atoms with Crippen LogP contribution in [0.4, 0.5) is 5.82 Å². The Balaban J connectivity index is 3.41. The second kappa shape index (κ2) is 3.61. The van der Waals surface area contributed by atoms with Crippen LogP contribution in [0.15, 0.2) is 9.21 Å². The van der Waals surface area contributed by atoms with Crippen LogP contribution in [0.1, 0.15) is 5.69 Å². The molecular weight excluding hydrogens is 288 g/mol. The zero-order valence-corrected chi connectivity index (χ0v) is 8.72. The maximum absolute atomic E-state index is 8.53. The highest BCUT2D eigenvalue weighted by Gasteiger charge is 2.11. The summed E-state index contributed by atoms with van der Waals surface area (Å²) in [5.74, 6) is 0.140. The van der Waals surface area contributed by atoms with Crippen molar-refractivity contribution < 1.29 is 0 Å². The molecule has 0 saturated heterocycles. The third-order valence-corrected chi connectivity index (χ3v) is 2.09. The molecule has 0 saturated carbocycles. The molecule has 58 valence electrons. The fourth-order valence-corrected chi connectivity index (χ4v) is 1.23. The van der Waals surface area contributed by atoms with Crippen LogP contribution in [-0.4, -0.2) is 9.97 Å². The van der Waals surface area contributed by atoms with Crippen LogP contribution in [0.5, 0.6) is 0 Å². The molecule has 4 nitrogen and oxygen atoms in total. The van der Waals surface area contributed by atoms with Crippen LogP contribution in [0, 0.1) is 17.9 Å². The highest BCUT2D eigenvalue weighted by Crippen LogP contribution is 2.24. The second-order valence-electron chi connectivity index (χ2n) is 1.70. The summed E-state index contributed by atoms with van der Waals surface area (Å²) in [6.07, 6.45) is 0. The summed E-state index contributed by atoms with van der Waals surface area (Å²) in [6, 6.07) is 1.83. The summed E-state index contributed by atoms with van der Waals surface area (Å²) in [4.78, 5) is 10.7. The molecule has 0 aliphatic rings. The van der Waals surface area contributed by atoms with Gasteiger partial charge in [-0.2, -0.15) is 5.26 Å². The first kappa shape index (κ1) is 9.11. The van der Waals surface area contributed by atoms with Gasteiger partial charge in [0.15, 0.2) is 5.69 Å². The topological polar surface area (TPSA) is 53.9 Å². The minimum Gasteiger partial charge on any atom is -0.358 e. The number of nitriles is 1. The highest BCUT2D eigenvalue weighted by molar-refractivity contribution is 9.11. The SMILES string of the molecule is [C-]#[N+]c1nc(Br)c(C#N)nc1Br. The quantitative estimate of drug-likeness (QED) is 0.689. The van der Waals surface area contributed by atoms with Gasteiger partial charge in [0.25, 0.3) is 0 Å². The molecule has 1 rings (SSSR count). The number of aromatic nitrogens is 2. The van der Waals surface area contributed by atoms with Gasteiger partial charge >= 0.3 is 5.82 Å². The molecule has 0 N–H and O–H groups in total. The first-order valence-electron chi connectivity index (χ1n) is 2.69. The van der Waals surface area contributed by atoms with E-state index >= 15 is 0 Å². The standard InChI is InChI=1S/C6Br2N4/c1-10-6-5(8)11-3(2-9)4(7)12-6. The Hall–Kier alpha value is -0.980. The lowest BCUT2D eigenvalue weighted by Gasteiger charge is -1.93. The van der Waals surface area contributed by atoms with Crippen molar-refractivity contribution in [1.82, 2.24) is 9.97 Å². The highest BCUT2D eigenvalue weighted by atomic mass is 79.9. The average molecular weight is 288 g/mol. The van der Waals surface area contributed by atoms with E-state index in [1.54, 1.807) is 0 Å². The van der Waals surface area contributed by atoms with E-state index in [9.17, 15) is 0 Å². The maximum Gasteiger partial charge on any atom is 0.303 e. The molecule has 6 heteroatoms. The zero-order valence-electron chi connectivity index (χ0n) is 5.54. The molecule has 0 fully saturated rings. The third kappa shape index (κ3) is 1.60. The maximum atomic E-state index is 8.53. The summed E-state index contributed by atoms with van der Waals surface area (Å²) in [7, 11) is 0. The lowest BCUT2D eigenvalue weighted by molar-refractivity contribution is 1.12. The molecule has 0 aliphatic carbocycles. The van der Waals surface area contributed by atoms with Gasteiger partial charge in [-0.05, 0) is 15.9 Å². The molecule has 0 bridgehead atoms. The minimum atomic E-state index is 0.140. The Morgan fingerprint density at radius 3 is 2.50 bits per heavy atom. The molecule has 1 aromatic rings. The van der Waals surface area contributed by atoms with Gasteiger partial charge < -0.3 is 4.85 Å². The Bertz CT molecular complexity index is 361. The number of hydrogen-bond donors (Lipinski definition) is 0. The van der Waals surface area contributed by atoms with Gasteiger partial charge in [0.1, 0.15) is 10.7 Å². The van der Waals surface area contributed by atoms with Crippen LogP contribution >= 0.6 is 31.9 Å². The monoisotopic (exact) mass is 286 g/mol. The molecule has 1 heterocycles. The number of nitrogens with zero attached hydrogens (tertiary/aromatic N) is 4. The lowest BCUT2D eigenvalue weighted by Crippen LogP contribution is -1.89. The van der Waals surface area contributed by atoms with E-state index in [0.717, 1.165) is 0 Å². The van der Waals surface area contributed by atoms with E-state index in [1.165, 1.54) is 0 Å². The smallest absolute Gasteiger partial charge is 0.303 e. The Morgan fingerprint density at radius 2 is 2.00 bits per heavy atom. The van der Waals surface area contributed by atoms with Gasteiger partial charge in [-0.25, -0.2) is 4.98 Å². The van der Waals surface area contributed by atoms with Crippen LogP contribution in [0.25, 0.3) is 4.85 Å². The van der Waals surface area contributed by atoms with Crippen LogP contribution < -0.4 is 0 Å². The van der Waals surface area contributed by atoms with Crippen molar-refractivity contribution in [3.63, 3.8) is 0 Å². The molecule has 0 aromatic carbocycles. The molecule has 0 amide bonds. The predicted octanol–water partition coefficient (Wildman–Crippen LogP) is 2.42. The van der Waals surface area contributed by atoms with Crippen molar-refractivity contribution in [2.24, 2.45) is 0 Å². The fraction of sp³-hybridized carbons (Fsp3) is 0. The Kier molecular flexibility index (Phi) is 2.74. The largest absolute Gasteiger partial charge is 0.358 e. The summed E-state index contributed by atoms with van der Waals surface area (Å²) in [5, 5.41) is 8.53. The van der Waals surface area contributed by atoms with Crippen molar-refractivity contribution in [3.05, 3.63) is 26.3 Å². The first-order valence-corrected chi connectivity index (χ1v) is 4.28. The van der Waals surface area contributed by atoms with Crippen molar-refractivity contribution >= 4 is 37.7 Å². The normalized spacial score (nSPS) is 8.67. The summed E-state index contributed by atoms with van der Waals surface area (Å²) < 4.78 is 0.580. The zero-order chi connectivity index (χ0) is 9.14. The van der Waals surface area contributed by atoms with Gasteiger partial charge in [-0.3, -0.25) is 0 Å². The van der Waals surface area contributed by atoms with E-state index in [2.05, 4.69) is 46.7 Å². The molecule has 0 spiro atoms. The molecular formula is C6Br2N4. The number of halogens is 2. The summed E-state index contributed by atoms with van der Waals surface area (Å²) >= 11 is 6.04. The van der Waals surface area contributed by atoms with Crippen LogP contribution in [0.3, 0.4) is 0 Å². The molecule has 12 heavy (non-hydrogen) atoms. The van der Waals surface area contributed by atoms with E-state index in [0.29, 0.717) is 4.60 Å². The van der Waals surface area contributed by atoms with Gasteiger partial charge in [0, 0.05) is 15.9 Å². The van der Waals surface area contributed by atoms with Gasteiger partial charge in [-0.1, -0.05) is 6.57 Å². The summed E-state index contributed by atoms with van der Waals surface area (Å²) in [5.41, 5.74) is 0.161. The van der Waals surface area contributed by atoms with Crippen molar-refractivity contribution in [2.75, 3.05) is 0 Å². The van der Waals surface area contributed by atoms with Gasteiger partial charge in [-0.15, -0.1) is 4.98 Å². The van der Waals surface area contributed by atoms with Crippen LogP contribution in [-0.2, 0) is 0 Å². The lowest BCUT2D eigenvalue weighted by atomic mass is 10.5. The Morgan fingerprint density at radius 1 is 1.33 bits per heavy atom. The number of hydrogen-bond acceptors (Lipinski definition) is 3. The Labute approximate surface area is 85.3 Å².